The van der Waals surface area contributed by atoms with Crippen LogP contribution in [0.1, 0.15) is 24.0 Å². The molecule has 2 aromatic carbocycles. The number of sulfonamides is 1. The van der Waals surface area contributed by atoms with Crippen molar-refractivity contribution in [2.45, 2.75) is 30.7 Å². The standard InChI is InChI=1S/C21H26N2O2S.ClH/c24-26(25,21-8-2-1-3-9-21)23-14-10-18(11-15-23)16-22-13-12-19-6-4-5-7-20(19)17-22;/h1-9,18H,10-17H2;1H. The molecule has 1 saturated heterocycles. The van der Waals surface area contributed by atoms with Gasteiger partial charge in [-0.1, -0.05) is 42.5 Å². The van der Waals surface area contributed by atoms with Crippen LogP contribution >= 0.6 is 12.4 Å². The van der Waals surface area contributed by atoms with Crippen molar-refractivity contribution in [3.8, 4) is 0 Å². The summed E-state index contributed by atoms with van der Waals surface area (Å²) in [4.78, 5) is 2.94. The molecule has 1 fully saturated rings. The molecule has 2 aliphatic rings. The Morgan fingerprint density at radius 1 is 0.852 bits per heavy atom. The first kappa shape index (κ1) is 20.3. The number of halogens is 1. The fourth-order valence-corrected chi connectivity index (χ4v) is 5.64. The summed E-state index contributed by atoms with van der Waals surface area (Å²) in [6, 6.07) is 17.5. The molecule has 27 heavy (non-hydrogen) atoms. The monoisotopic (exact) mass is 406 g/mol. The number of hydrogen-bond acceptors (Lipinski definition) is 3. The molecule has 0 saturated carbocycles. The van der Waals surface area contributed by atoms with Crippen LogP contribution in [0.3, 0.4) is 0 Å². The van der Waals surface area contributed by atoms with Crippen molar-refractivity contribution in [1.29, 1.82) is 0 Å². The predicted octanol–water partition coefficient (Wildman–Crippen LogP) is 3.57. The number of hydrogen-bond donors (Lipinski definition) is 0. The van der Waals surface area contributed by atoms with Crippen LogP contribution in [0.15, 0.2) is 59.5 Å². The molecule has 0 bridgehead atoms. The highest BCUT2D eigenvalue weighted by molar-refractivity contribution is 7.89. The fourth-order valence-electron chi connectivity index (χ4n) is 4.15. The first-order valence-electron chi connectivity index (χ1n) is 9.47. The molecule has 0 radical (unpaired) electrons. The maximum Gasteiger partial charge on any atom is 0.243 e. The molecular weight excluding hydrogens is 380 g/mol. The van der Waals surface area contributed by atoms with E-state index >= 15 is 0 Å². The summed E-state index contributed by atoms with van der Waals surface area (Å²) in [5.41, 5.74) is 2.93. The van der Waals surface area contributed by atoms with Gasteiger partial charge in [-0.05, 0) is 48.4 Å². The van der Waals surface area contributed by atoms with Crippen molar-refractivity contribution in [3.05, 3.63) is 65.7 Å². The number of benzene rings is 2. The van der Waals surface area contributed by atoms with Gasteiger partial charge in [-0.2, -0.15) is 4.31 Å². The van der Waals surface area contributed by atoms with Gasteiger partial charge in [0.05, 0.1) is 4.90 Å². The lowest BCUT2D eigenvalue weighted by molar-refractivity contribution is 0.171. The summed E-state index contributed by atoms with van der Waals surface area (Å²) >= 11 is 0. The lowest BCUT2D eigenvalue weighted by atomic mass is 9.94. The lowest BCUT2D eigenvalue weighted by Gasteiger charge is -2.36. The summed E-state index contributed by atoms with van der Waals surface area (Å²) in [7, 11) is -3.34. The highest BCUT2D eigenvalue weighted by Gasteiger charge is 2.30. The highest BCUT2D eigenvalue weighted by Crippen LogP contribution is 2.26. The normalized spacial score (nSPS) is 19.3. The van der Waals surface area contributed by atoms with E-state index < -0.39 is 10.0 Å². The zero-order valence-electron chi connectivity index (χ0n) is 15.5. The third kappa shape index (κ3) is 4.54. The predicted molar refractivity (Wildman–Crippen MR) is 111 cm³/mol. The highest BCUT2D eigenvalue weighted by atomic mass is 35.5. The number of rotatable bonds is 4. The van der Waals surface area contributed by atoms with Crippen molar-refractivity contribution in [3.63, 3.8) is 0 Å². The Labute approximate surface area is 168 Å². The summed E-state index contributed by atoms with van der Waals surface area (Å²) < 4.78 is 27.1. The van der Waals surface area contributed by atoms with Gasteiger partial charge in [0.25, 0.3) is 0 Å². The van der Waals surface area contributed by atoms with Crippen LogP contribution in [0.2, 0.25) is 0 Å². The van der Waals surface area contributed by atoms with Gasteiger partial charge in [-0.15, -0.1) is 12.4 Å². The Bertz CT molecular complexity index is 849. The topological polar surface area (TPSA) is 40.6 Å². The largest absolute Gasteiger partial charge is 0.298 e. The average molecular weight is 407 g/mol. The van der Waals surface area contributed by atoms with Crippen LogP contribution in [0, 0.1) is 5.92 Å². The Kier molecular flexibility index (Phi) is 6.58. The van der Waals surface area contributed by atoms with E-state index in [1.165, 1.54) is 11.1 Å². The van der Waals surface area contributed by atoms with Crippen LogP contribution in [0.4, 0.5) is 0 Å². The number of fused-ring (bicyclic) bond motifs is 1. The van der Waals surface area contributed by atoms with Gasteiger partial charge in [0.1, 0.15) is 0 Å². The second kappa shape index (κ2) is 8.74. The maximum absolute atomic E-state index is 12.7. The second-order valence-corrected chi connectivity index (χ2v) is 9.35. The molecule has 6 heteroatoms. The van der Waals surface area contributed by atoms with E-state index in [0.717, 1.165) is 38.9 Å². The summed E-state index contributed by atoms with van der Waals surface area (Å²) in [6.45, 7) is 4.48. The summed E-state index contributed by atoms with van der Waals surface area (Å²) in [5.74, 6) is 0.586. The zero-order chi connectivity index (χ0) is 18.0. The molecule has 2 aromatic rings. The van der Waals surface area contributed by atoms with Gasteiger partial charge in [0.2, 0.25) is 10.0 Å². The average Bonchev–Trinajstić information content (AvgIpc) is 2.69. The molecular formula is C21H27ClN2O2S. The molecule has 2 aliphatic heterocycles. The number of nitrogens with zero attached hydrogens (tertiary/aromatic N) is 2. The van der Waals surface area contributed by atoms with E-state index in [4.69, 9.17) is 0 Å². The van der Waals surface area contributed by atoms with E-state index in [9.17, 15) is 8.42 Å². The van der Waals surface area contributed by atoms with Gasteiger partial charge in [0, 0.05) is 32.7 Å². The van der Waals surface area contributed by atoms with Crippen LogP contribution < -0.4 is 0 Å². The molecule has 4 nitrogen and oxygen atoms in total. The van der Waals surface area contributed by atoms with Gasteiger partial charge in [-0.25, -0.2) is 8.42 Å². The Morgan fingerprint density at radius 3 is 2.19 bits per heavy atom. The molecule has 0 aliphatic carbocycles. The van der Waals surface area contributed by atoms with Gasteiger partial charge in [-0.3, -0.25) is 4.90 Å². The molecule has 4 rings (SSSR count). The van der Waals surface area contributed by atoms with E-state index in [2.05, 4.69) is 29.2 Å². The molecule has 146 valence electrons. The van der Waals surface area contributed by atoms with Crippen LogP contribution in [-0.2, 0) is 23.0 Å². The van der Waals surface area contributed by atoms with E-state index in [-0.39, 0.29) is 12.4 Å². The van der Waals surface area contributed by atoms with E-state index in [0.29, 0.717) is 23.9 Å². The first-order chi connectivity index (χ1) is 12.6. The van der Waals surface area contributed by atoms with Crippen molar-refractivity contribution in [2.75, 3.05) is 26.2 Å². The summed E-state index contributed by atoms with van der Waals surface area (Å²) in [5, 5.41) is 0. The van der Waals surface area contributed by atoms with Gasteiger partial charge >= 0.3 is 0 Å². The van der Waals surface area contributed by atoms with Gasteiger partial charge < -0.3 is 0 Å². The first-order valence-corrected chi connectivity index (χ1v) is 10.9. The minimum atomic E-state index is -3.34. The lowest BCUT2D eigenvalue weighted by Crippen LogP contribution is -2.42. The molecule has 0 spiro atoms. The summed E-state index contributed by atoms with van der Waals surface area (Å²) in [6.07, 6.45) is 3.02. The minimum absolute atomic E-state index is 0. The molecule has 2 heterocycles. The second-order valence-electron chi connectivity index (χ2n) is 7.41. The SMILES string of the molecule is Cl.O=S(=O)(c1ccccc1)N1CCC(CN2CCc3ccccc3C2)CC1. The molecule has 0 aromatic heterocycles. The van der Waals surface area contributed by atoms with Crippen LogP contribution in [-0.4, -0.2) is 43.8 Å². The maximum atomic E-state index is 12.7. The third-order valence-electron chi connectivity index (χ3n) is 5.68. The van der Waals surface area contributed by atoms with E-state index in [1.807, 2.05) is 6.07 Å². The van der Waals surface area contributed by atoms with Crippen LogP contribution in [0.25, 0.3) is 0 Å². The Hall–Kier alpha value is -1.40. The number of piperidine rings is 1. The quantitative estimate of drug-likeness (QED) is 0.779. The van der Waals surface area contributed by atoms with Crippen molar-refractivity contribution >= 4 is 22.4 Å². The Morgan fingerprint density at radius 2 is 1.48 bits per heavy atom. The van der Waals surface area contributed by atoms with Gasteiger partial charge in [0.15, 0.2) is 0 Å². The van der Waals surface area contributed by atoms with Crippen LogP contribution in [0.5, 0.6) is 0 Å². The molecule has 0 unspecified atom stereocenters. The fraction of sp³-hybridized carbons (Fsp3) is 0.429. The third-order valence-corrected chi connectivity index (χ3v) is 7.59. The van der Waals surface area contributed by atoms with Crippen molar-refractivity contribution in [1.82, 2.24) is 9.21 Å². The molecule has 0 atom stereocenters. The zero-order valence-corrected chi connectivity index (χ0v) is 17.1. The van der Waals surface area contributed by atoms with E-state index in [1.54, 1.807) is 28.6 Å². The smallest absolute Gasteiger partial charge is 0.243 e. The Balaban J connectivity index is 0.00000210. The van der Waals surface area contributed by atoms with Crippen molar-refractivity contribution in [2.24, 2.45) is 5.92 Å². The minimum Gasteiger partial charge on any atom is -0.298 e. The molecule has 0 N–H and O–H groups in total. The molecule has 0 amide bonds. The van der Waals surface area contributed by atoms with Crippen molar-refractivity contribution < 1.29 is 8.42 Å².